The predicted octanol–water partition coefficient (Wildman–Crippen LogP) is 1.13. The number of nitrogens with one attached hydrogen (secondary N) is 2. The Morgan fingerprint density at radius 1 is 1.00 bits per heavy atom. The SMILES string of the molecule is CNCCCN1CCN(CCCNC(=O)OC(C)(C)C)CC1. The Morgan fingerprint density at radius 3 is 1.95 bits per heavy atom. The minimum atomic E-state index is -0.423. The Kier molecular flexibility index (Phi) is 8.75. The van der Waals surface area contributed by atoms with E-state index in [0.717, 1.165) is 45.7 Å². The van der Waals surface area contributed by atoms with Gasteiger partial charge < -0.3 is 25.2 Å². The summed E-state index contributed by atoms with van der Waals surface area (Å²) in [6.45, 7) is 14.2. The van der Waals surface area contributed by atoms with Crippen molar-refractivity contribution < 1.29 is 9.53 Å². The van der Waals surface area contributed by atoms with Crippen molar-refractivity contribution in [1.82, 2.24) is 20.4 Å². The van der Waals surface area contributed by atoms with Crippen LogP contribution in [0.5, 0.6) is 0 Å². The maximum absolute atomic E-state index is 11.5. The number of hydrogen-bond donors (Lipinski definition) is 2. The van der Waals surface area contributed by atoms with Crippen molar-refractivity contribution in [2.24, 2.45) is 0 Å². The molecule has 1 fully saturated rings. The van der Waals surface area contributed by atoms with Crippen LogP contribution in [0, 0.1) is 0 Å². The summed E-state index contributed by atoms with van der Waals surface area (Å²) in [7, 11) is 2.00. The van der Waals surface area contributed by atoms with E-state index in [1.807, 2.05) is 27.8 Å². The topological polar surface area (TPSA) is 56.8 Å². The molecule has 0 saturated carbocycles. The third-order valence-electron chi connectivity index (χ3n) is 3.69. The van der Waals surface area contributed by atoms with Gasteiger partial charge in [0.05, 0.1) is 0 Å². The monoisotopic (exact) mass is 314 g/mol. The lowest BCUT2D eigenvalue weighted by molar-refractivity contribution is 0.0524. The normalized spacial score (nSPS) is 17.5. The van der Waals surface area contributed by atoms with Gasteiger partial charge in [-0.2, -0.15) is 0 Å². The molecule has 0 aromatic carbocycles. The van der Waals surface area contributed by atoms with E-state index in [-0.39, 0.29) is 6.09 Å². The average Bonchev–Trinajstić information content (AvgIpc) is 2.43. The zero-order chi connectivity index (χ0) is 16.4. The minimum Gasteiger partial charge on any atom is -0.444 e. The molecule has 1 heterocycles. The van der Waals surface area contributed by atoms with E-state index in [1.165, 1.54) is 13.0 Å². The smallest absolute Gasteiger partial charge is 0.407 e. The highest BCUT2D eigenvalue weighted by Crippen LogP contribution is 2.06. The number of amides is 1. The molecular formula is C16H34N4O2. The highest BCUT2D eigenvalue weighted by Gasteiger charge is 2.17. The number of alkyl carbamates (subject to hydrolysis) is 1. The van der Waals surface area contributed by atoms with Crippen LogP contribution in [-0.2, 0) is 4.74 Å². The Morgan fingerprint density at radius 2 is 1.50 bits per heavy atom. The molecular weight excluding hydrogens is 280 g/mol. The zero-order valence-corrected chi connectivity index (χ0v) is 14.8. The molecule has 0 atom stereocenters. The molecule has 1 saturated heterocycles. The van der Waals surface area contributed by atoms with Crippen molar-refractivity contribution >= 4 is 6.09 Å². The minimum absolute atomic E-state index is 0.318. The molecule has 0 bridgehead atoms. The lowest BCUT2D eigenvalue weighted by atomic mass is 10.2. The number of carbonyl (C=O) groups is 1. The highest BCUT2D eigenvalue weighted by molar-refractivity contribution is 5.67. The van der Waals surface area contributed by atoms with Crippen molar-refractivity contribution in [3.63, 3.8) is 0 Å². The fourth-order valence-electron chi connectivity index (χ4n) is 2.52. The number of carbonyl (C=O) groups excluding carboxylic acids is 1. The summed E-state index contributed by atoms with van der Waals surface area (Å²) in [5.41, 5.74) is -0.423. The molecule has 6 nitrogen and oxygen atoms in total. The number of hydrogen-bond acceptors (Lipinski definition) is 5. The van der Waals surface area contributed by atoms with Crippen LogP contribution in [0.1, 0.15) is 33.6 Å². The van der Waals surface area contributed by atoms with Crippen molar-refractivity contribution in [3.05, 3.63) is 0 Å². The number of ether oxygens (including phenoxy) is 1. The summed E-state index contributed by atoms with van der Waals surface area (Å²) in [4.78, 5) is 16.5. The van der Waals surface area contributed by atoms with Gasteiger partial charge in [0, 0.05) is 32.7 Å². The molecule has 1 aliphatic heterocycles. The van der Waals surface area contributed by atoms with E-state index in [1.54, 1.807) is 0 Å². The van der Waals surface area contributed by atoms with E-state index in [0.29, 0.717) is 6.54 Å². The standard InChI is InChI=1S/C16H34N4O2/c1-16(2,3)22-15(21)18-8-6-10-20-13-11-19(12-14-20)9-5-7-17-4/h17H,5-14H2,1-4H3,(H,18,21). The molecule has 22 heavy (non-hydrogen) atoms. The van der Waals surface area contributed by atoms with Crippen molar-refractivity contribution in [2.75, 3.05) is 59.4 Å². The lowest BCUT2D eigenvalue weighted by Crippen LogP contribution is -2.47. The summed E-state index contributed by atoms with van der Waals surface area (Å²) in [5.74, 6) is 0. The predicted molar refractivity (Wildman–Crippen MR) is 90.3 cm³/mol. The van der Waals surface area contributed by atoms with Gasteiger partial charge in [0.1, 0.15) is 5.60 Å². The van der Waals surface area contributed by atoms with Crippen molar-refractivity contribution in [2.45, 2.75) is 39.2 Å². The number of nitrogens with zero attached hydrogens (tertiary/aromatic N) is 2. The quantitative estimate of drug-likeness (QED) is 0.658. The molecule has 1 aliphatic rings. The Hall–Kier alpha value is -0.850. The van der Waals surface area contributed by atoms with Gasteiger partial charge in [-0.15, -0.1) is 0 Å². The van der Waals surface area contributed by atoms with E-state index >= 15 is 0 Å². The second kappa shape index (κ2) is 10.0. The second-order valence-electron chi connectivity index (χ2n) is 6.92. The maximum Gasteiger partial charge on any atom is 0.407 e. The molecule has 0 spiro atoms. The van der Waals surface area contributed by atoms with Crippen LogP contribution in [0.25, 0.3) is 0 Å². The first-order chi connectivity index (χ1) is 10.4. The first-order valence-corrected chi connectivity index (χ1v) is 8.47. The third kappa shape index (κ3) is 9.23. The molecule has 2 N–H and O–H groups in total. The molecule has 130 valence electrons. The van der Waals surface area contributed by atoms with Crippen molar-refractivity contribution in [1.29, 1.82) is 0 Å². The number of rotatable bonds is 8. The van der Waals surface area contributed by atoms with Gasteiger partial charge in [-0.1, -0.05) is 0 Å². The van der Waals surface area contributed by atoms with Gasteiger partial charge in [0.15, 0.2) is 0 Å². The van der Waals surface area contributed by atoms with E-state index in [4.69, 9.17) is 4.74 Å². The van der Waals surface area contributed by atoms with Gasteiger partial charge >= 0.3 is 6.09 Å². The van der Waals surface area contributed by atoms with Gasteiger partial charge in [-0.05, 0) is 60.3 Å². The summed E-state index contributed by atoms with van der Waals surface area (Å²) < 4.78 is 5.22. The molecule has 1 amide bonds. The Bertz CT molecular complexity index is 310. The molecule has 0 unspecified atom stereocenters. The molecule has 0 aromatic rings. The first-order valence-electron chi connectivity index (χ1n) is 8.47. The van der Waals surface area contributed by atoms with Crippen LogP contribution < -0.4 is 10.6 Å². The maximum atomic E-state index is 11.5. The van der Waals surface area contributed by atoms with Gasteiger partial charge in [-0.25, -0.2) is 4.79 Å². The summed E-state index contributed by atoms with van der Waals surface area (Å²) in [6, 6.07) is 0. The van der Waals surface area contributed by atoms with E-state index in [9.17, 15) is 4.79 Å². The van der Waals surface area contributed by atoms with Crippen molar-refractivity contribution in [3.8, 4) is 0 Å². The molecule has 0 radical (unpaired) electrons. The van der Waals surface area contributed by atoms with Crippen LogP contribution in [-0.4, -0.2) is 80.9 Å². The average molecular weight is 314 g/mol. The van der Waals surface area contributed by atoms with Crippen LogP contribution in [0.15, 0.2) is 0 Å². The zero-order valence-electron chi connectivity index (χ0n) is 14.8. The second-order valence-corrected chi connectivity index (χ2v) is 6.92. The van der Waals surface area contributed by atoms with Gasteiger partial charge in [0.2, 0.25) is 0 Å². The van der Waals surface area contributed by atoms with Gasteiger partial charge in [-0.3, -0.25) is 0 Å². The Balaban J connectivity index is 2.02. The van der Waals surface area contributed by atoms with Gasteiger partial charge in [0.25, 0.3) is 0 Å². The first kappa shape index (κ1) is 19.2. The van der Waals surface area contributed by atoms with Crippen LogP contribution in [0.3, 0.4) is 0 Å². The largest absolute Gasteiger partial charge is 0.444 e. The van der Waals surface area contributed by atoms with Crippen LogP contribution >= 0.6 is 0 Å². The van der Waals surface area contributed by atoms with Crippen LogP contribution in [0.4, 0.5) is 4.79 Å². The molecule has 0 aliphatic carbocycles. The molecule has 1 rings (SSSR count). The van der Waals surface area contributed by atoms with E-state index < -0.39 is 5.60 Å². The van der Waals surface area contributed by atoms with Crippen LogP contribution in [0.2, 0.25) is 0 Å². The third-order valence-corrected chi connectivity index (χ3v) is 3.69. The summed E-state index contributed by atoms with van der Waals surface area (Å²) in [6.07, 6.45) is 1.87. The fraction of sp³-hybridized carbons (Fsp3) is 0.938. The summed E-state index contributed by atoms with van der Waals surface area (Å²) >= 11 is 0. The summed E-state index contributed by atoms with van der Waals surface area (Å²) in [5, 5.41) is 6.01. The molecule has 6 heteroatoms. The Labute approximate surface area is 135 Å². The fourth-order valence-corrected chi connectivity index (χ4v) is 2.52. The highest BCUT2D eigenvalue weighted by atomic mass is 16.6. The van der Waals surface area contributed by atoms with E-state index in [2.05, 4.69) is 20.4 Å². The lowest BCUT2D eigenvalue weighted by Gasteiger charge is -2.34. The molecule has 0 aromatic heterocycles. The number of piperazine rings is 1.